The standard InChI is InChI=1S/C9H19N3O/c10-5-6-12-8(13)9(7-11)3-1-2-4-9/h1-7,10-11H2,(H,12,13). The predicted octanol–water partition coefficient (Wildman–Crippen LogP) is -0.420. The maximum Gasteiger partial charge on any atom is 0.227 e. The van der Waals surface area contributed by atoms with Gasteiger partial charge in [0.15, 0.2) is 0 Å². The number of nitrogens with one attached hydrogen (secondary N) is 1. The average molecular weight is 185 g/mol. The smallest absolute Gasteiger partial charge is 0.227 e. The third kappa shape index (κ3) is 2.19. The zero-order valence-corrected chi connectivity index (χ0v) is 8.01. The molecule has 4 nitrogen and oxygen atoms in total. The van der Waals surface area contributed by atoms with Gasteiger partial charge in [-0.1, -0.05) is 12.8 Å². The van der Waals surface area contributed by atoms with E-state index in [1.165, 1.54) is 0 Å². The third-order valence-corrected chi connectivity index (χ3v) is 2.86. The summed E-state index contributed by atoms with van der Waals surface area (Å²) in [6.07, 6.45) is 4.10. The molecule has 0 unspecified atom stereocenters. The van der Waals surface area contributed by atoms with Gasteiger partial charge < -0.3 is 16.8 Å². The largest absolute Gasteiger partial charge is 0.354 e. The first-order valence-electron chi connectivity index (χ1n) is 4.93. The van der Waals surface area contributed by atoms with E-state index in [1.54, 1.807) is 0 Å². The summed E-state index contributed by atoms with van der Waals surface area (Å²) in [6.45, 7) is 1.51. The number of hydrogen-bond donors (Lipinski definition) is 3. The topological polar surface area (TPSA) is 81.1 Å². The molecule has 5 N–H and O–H groups in total. The van der Waals surface area contributed by atoms with Gasteiger partial charge in [0.1, 0.15) is 0 Å². The second-order valence-corrected chi connectivity index (χ2v) is 3.74. The molecule has 1 amide bonds. The van der Waals surface area contributed by atoms with Crippen molar-refractivity contribution in [2.75, 3.05) is 19.6 Å². The van der Waals surface area contributed by atoms with Crippen molar-refractivity contribution in [2.45, 2.75) is 25.7 Å². The normalized spacial score (nSPS) is 20.2. The molecule has 0 aromatic rings. The number of amides is 1. The molecule has 1 rings (SSSR count). The van der Waals surface area contributed by atoms with Crippen LogP contribution in [-0.2, 0) is 4.79 Å². The first kappa shape index (κ1) is 10.5. The SMILES string of the molecule is NCCNC(=O)C1(CN)CCCC1. The average Bonchev–Trinajstić information content (AvgIpc) is 2.63. The Balaban J connectivity index is 2.49. The van der Waals surface area contributed by atoms with E-state index in [0.29, 0.717) is 19.6 Å². The maximum atomic E-state index is 11.7. The number of nitrogens with two attached hydrogens (primary N) is 2. The Morgan fingerprint density at radius 1 is 1.31 bits per heavy atom. The molecule has 0 saturated heterocycles. The summed E-state index contributed by atoms with van der Waals surface area (Å²) >= 11 is 0. The maximum absolute atomic E-state index is 11.7. The molecule has 13 heavy (non-hydrogen) atoms. The number of carbonyl (C=O) groups is 1. The molecule has 0 radical (unpaired) electrons. The van der Waals surface area contributed by atoms with Gasteiger partial charge in [-0.2, -0.15) is 0 Å². The highest BCUT2D eigenvalue weighted by Crippen LogP contribution is 2.37. The summed E-state index contributed by atoms with van der Waals surface area (Å²) in [5, 5.41) is 2.82. The van der Waals surface area contributed by atoms with E-state index in [0.717, 1.165) is 25.7 Å². The number of hydrogen-bond acceptors (Lipinski definition) is 3. The van der Waals surface area contributed by atoms with Gasteiger partial charge in [-0.05, 0) is 12.8 Å². The highest BCUT2D eigenvalue weighted by atomic mass is 16.2. The Labute approximate surface area is 79.0 Å². The zero-order valence-electron chi connectivity index (χ0n) is 8.01. The molecule has 1 aliphatic rings. The predicted molar refractivity (Wildman–Crippen MR) is 52.0 cm³/mol. The Morgan fingerprint density at radius 2 is 1.92 bits per heavy atom. The Kier molecular flexibility index (Phi) is 3.69. The summed E-state index contributed by atoms with van der Waals surface area (Å²) in [6, 6.07) is 0. The van der Waals surface area contributed by atoms with Crippen LogP contribution in [-0.4, -0.2) is 25.5 Å². The second-order valence-electron chi connectivity index (χ2n) is 3.74. The van der Waals surface area contributed by atoms with Gasteiger partial charge in [0.2, 0.25) is 5.91 Å². The molecule has 1 aliphatic carbocycles. The van der Waals surface area contributed by atoms with Gasteiger partial charge in [-0.3, -0.25) is 4.79 Å². The fourth-order valence-corrected chi connectivity index (χ4v) is 1.95. The lowest BCUT2D eigenvalue weighted by Gasteiger charge is -2.25. The van der Waals surface area contributed by atoms with Gasteiger partial charge in [0, 0.05) is 19.6 Å². The summed E-state index contributed by atoms with van der Waals surface area (Å²) in [5.41, 5.74) is 10.7. The van der Waals surface area contributed by atoms with Gasteiger partial charge in [-0.25, -0.2) is 0 Å². The molecule has 1 saturated carbocycles. The lowest BCUT2D eigenvalue weighted by Crippen LogP contribution is -2.45. The molecule has 0 heterocycles. The number of rotatable bonds is 4. The van der Waals surface area contributed by atoms with Crippen molar-refractivity contribution in [2.24, 2.45) is 16.9 Å². The summed E-state index contributed by atoms with van der Waals surface area (Å²) in [5.74, 6) is 0.0953. The summed E-state index contributed by atoms with van der Waals surface area (Å²) in [4.78, 5) is 11.7. The Bertz CT molecular complexity index is 176. The quantitative estimate of drug-likeness (QED) is 0.556. The fraction of sp³-hybridized carbons (Fsp3) is 0.889. The molecule has 76 valence electrons. The van der Waals surface area contributed by atoms with Crippen molar-refractivity contribution in [1.82, 2.24) is 5.32 Å². The van der Waals surface area contributed by atoms with Crippen molar-refractivity contribution in [1.29, 1.82) is 0 Å². The van der Waals surface area contributed by atoms with Crippen LogP contribution in [0.5, 0.6) is 0 Å². The van der Waals surface area contributed by atoms with Crippen molar-refractivity contribution < 1.29 is 4.79 Å². The van der Waals surface area contributed by atoms with Crippen LogP contribution in [0.25, 0.3) is 0 Å². The van der Waals surface area contributed by atoms with Crippen molar-refractivity contribution in [3.8, 4) is 0 Å². The zero-order chi connectivity index (χ0) is 9.73. The van der Waals surface area contributed by atoms with Crippen LogP contribution in [0, 0.1) is 5.41 Å². The van der Waals surface area contributed by atoms with E-state index in [1.807, 2.05) is 0 Å². The molecule has 0 aliphatic heterocycles. The molecule has 0 aromatic heterocycles. The molecule has 0 spiro atoms. The number of carbonyl (C=O) groups excluding carboxylic acids is 1. The van der Waals surface area contributed by atoms with Crippen LogP contribution in [0.1, 0.15) is 25.7 Å². The molecule has 0 aromatic carbocycles. The molecule has 4 heteroatoms. The lowest BCUT2D eigenvalue weighted by molar-refractivity contribution is -0.130. The van der Waals surface area contributed by atoms with Crippen LogP contribution in [0.3, 0.4) is 0 Å². The minimum atomic E-state index is -0.283. The third-order valence-electron chi connectivity index (χ3n) is 2.86. The van der Waals surface area contributed by atoms with E-state index in [9.17, 15) is 4.79 Å². The lowest BCUT2D eigenvalue weighted by atomic mass is 9.85. The van der Waals surface area contributed by atoms with Crippen LogP contribution in [0.4, 0.5) is 0 Å². The van der Waals surface area contributed by atoms with E-state index < -0.39 is 0 Å². The summed E-state index contributed by atoms with van der Waals surface area (Å²) in [7, 11) is 0. The summed E-state index contributed by atoms with van der Waals surface area (Å²) < 4.78 is 0. The van der Waals surface area contributed by atoms with Gasteiger partial charge in [0.05, 0.1) is 5.41 Å². The molecular weight excluding hydrogens is 166 g/mol. The fourth-order valence-electron chi connectivity index (χ4n) is 1.95. The molecular formula is C9H19N3O. The van der Waals surface area contributed by atoms with E-state index in [-0.39, 0.29) is 11.3 Å². The van der Waals surface area contributed by atoms with E-state index in [2.05, 4.69) is 5.32 Å². The van der Waals surface area contributed by atoms with Crippen LogP contribution >= 0.6 is 0 Å². The first-order chi connectivity index (χ1) is 6.25. The first-order valence-corrected chi connectivity index (χ1v) is 4.93. The van der Waals surface area contributed by atoms with Crippen LogP contribution in [0.15, 0.2) is 0 Å². The van der Waals surface area contributed by atoms with Crippen LogP contribution < -0.4 is 16.8 Å². The second kappa shape index (κ2) is 4.58. The molecule has 0 bridgehead atoms. The van der Waals surface area contributed by atoms with E-state index in [4.69, 9.17) is 11.5 Å². The molecule has 1 fully saturated rings. The molecule has 0 atom stereocenters. The van der Waals surface area contributed by atoms with Crippen molar-refractivity contribution in [3.05, 3.63) is 0 Å². The van der Waals surface area contributed by atoms with Gasteiger partial charge in [-0.15, -0.1) is 0 Å². The Hall–Kier alpha value is -0.610. The van der Waals surface area contributed by atoms with Crippen molar-refractivity contribution in [3.63, 3.8) is 0 Å². The monoisotopic (exact) mass is 185 g/mol. The van der Waals surface area contributed by atoms with Crippen LogP contribution in [0.2, 0.25) is 0 Å². The Morgan fingerprint density at radius 3 is 2.38 bits per heavy atom. The highest BCUT2D eigenvalue weighted by molar-refractivity contribution is 5.83. The van der Waals surface area contributed by atoms with Gasteiger partial charge >= 0.3 is 0 Å². The highest BCUT2D eigenvalue weighted by Gasteiger charge is 2.39. The minimum Gasteiger partial charge on any atom is -0.354 e. The van der Waals surface area contributed by atoms with Crippen molar-refractivity contribution >= 4 is 5.91 Å². The minimum absolute atomic E-state index is 0.0953. The van der Waals surface area contributed by atoms with Gasteiger partial charge in [0.25, 0.3) is 0 Å². The van der Waals surface area contributed by atoms with E-state index >= 15 is 0 Å².